The summed E-state index contributed by atoms with van der Waals surface area (Å²) in [6.07, 6.45) is 3.24. The van der Waals surface area contributed by atoms with Crippen LogP contribution >= 0.6 is 0 Å². The van der Waals surface area contributed by atoms with Crippen molar-refractivity contribution in [1.82, 2.24) is 19.8 Å². The zero-order valence-corrected chi connectivity index (χ0v) is 10.4. The summed E-state index contributed by atoms with van der Waals surface area (Å²) in [5.74, 6) is 1.19. The van der Waals surface area contributed by atoms with Crippen molar-refractivity contribution >= 4 is 11.6 Å². The summed E-state index contributed by atoms with van der Waals surface area (Å²) in [5.41, 5.74) is 5.58. The summed E-state index contributed by atoms with van der Waals surface area (Å²) in [6.45, 7) is 4.16. The number of hydrogen-bond donors (Lipinski definition) is 2. The van der Waals surface area contributed by atoms with Crippen LogP contribution < -0.4 is 11.1 Å². The Kier molecular flexibility index (Phi) is 3.75. The third kappa shape index (κ3) is 3.28. The van der Waals surface area contributed by atoms with Gasteiger partial charge >= 0.3 is 0 Å². The van der Waals surface area contributed by atoms with Crippen LogP contribution in [0.4, 0.5) is 11.6 Å². The Balaban J connectivity index is 1.88. The lowest BCUT2D eigenvalue weighted by Crippen LogP contribution is -2.52. The largest absolute Gasteiger partial charge is 0.382 e. The first-order valence-electron chi connectivity index (χ1n) is 5.85. The van der Waals surface area contributed by atoms with Crippen LogP contribution in [-0.2, 0) is 0 Å². The van der Waals surface area contributed by atoms with E-state index in [1.165, 1.54) is 0 Å². The van der Waals surface area contributed by atoms with Crippen molar-refractivity contribution < 1.29 is 0 Å². The summed E-state index contributed by atoms with van der Waals surface area (Å²) in [6, 6.07) is 0.497. The number of piperazine rings is 1. The van der Waals surface area contributed by atoms with E-state index in [1.807, 2.05) is 0 Å². The molecule has 0 radical (unpaired) electrons. The SMILES string of the molecule is CN1CCN(C)C(CNc2cncc(N)n2)C1. The highest BCUT2D eigenvalue weighted by atomic mass is 15.3. The lowest BCUT2D eigenvalue weighted by Gasteiger charge is -2.37. The lowest BCUT2D eigenvalue weighted by molar-refractivity contribution is 0.122. The molecule has 1 aliphatic heterocycles. The topological polar surface area (TPSA) is 70.3 Å². The molecule has 6 nitrogen and oxygen atoms in total. The molecule has 0 spiro atoms. The van der Waals surface area contributed by atoms with Crippen LogP contribution in [0.15, 0.2) is 12.4 Å². The van der Waals surface area contributed by atoms with Crippen molar-refractivity contribution in [1.29, 1.82) is 0 Å². The first-order valence-corrected chi connectivity index (χ1v) is 5.85. The van der Waals surface area contributed by atoms with Crippen molar-refractivity contribution in [2.24, 2.45) is 0 Å². The summed E-state index contributed by atoms with van der Waals surface area (Å²) in [7, 11) is 4.31. The molecule has 0 amide bonds. The quantitative estimate of drug-likeness (QED) is 0.752. The Bertz CT molecular complexity index is 369. The molecule has 3 N–H and O–H groups in total. The Hall–Kier alpha value is -1.40. The fourth-order valence-electron chi connectivity index (χ4n) is 2.01. The van der Waals surface area contributed by atoms with Gasteiger partial charge in [0.2, 0.25) is 0 Å². The predicted octanol–water partition coefficient (Wildman–Crippen LogP) is -0.283. The smallest absolute Gasteiger partial charge is 0.147 e. The zero-order chi connectivity index (χ0) is 12.3. The van der Waals surface area contributed by atoms with Gasteiger partial charge in [-0.3, -0.25) is 9.88 Å². The normalized spacial score (nSPS) is 22.6. The molecule has 0 bridgehead atoms. The molecule has 1 aromatic rings. The predicted molar refractivity (Wildman–Crippen MR) is 68.8 cm³/mol. The third-order valence-corrected chi connectivity index (χ3v) is 3.15. The van der Waals surface area contributed by atoms with Crippen molar-refractivity contribution in [2.75, 3.05) is 51.3 Å². The van der Waals surface area contributed by atoms with E-state index >= 15 is 0 Å². The van der Waals surface area contributed by atoms with Crippen molar-refractivity contribution in [2.45, 2.75) is 6.04 Å². The molecule has 2 rings (SSSR count). The van der Waals surface area contributed by atoms with E-state index in [1.54, 1.807) is 12.4 Å². The molecule has 1 fully saturated rings. The Morgan fingerprint density at radius 1 is 1.41 bits per heavy atom. The molecule has 17 heavy (non-hydrogen) atoms. The van der Waals surface area contributed by atoms with Gasteiger partial charge in [-0.2, -0.15) is 0 Å². The van der Waals surface area contributed by atoms with Gasteiger partial charge in [0.25, 0.3) is 0 Å². The molecular weight excluding hydrogens is 216 g/mol. The Morgan fingerprint density at radius 3 is 3.00 bits per heavy atom. The first kappa shape index (κ1) is 12.1. The Labute approximate surface area is 102 Å². The number of nitrogens with two attached hydrogens (primary N) is 1. The van der Waals surface area contributed by atoms with Crippen LogP contribution in [0.2, 0.25) is 0 Å². The maximum absolute atomic E-state index is 5.58. The van der Waals surface area contributed by atoms with Gasteiger partial charge in [-0.25, -0.2) is 4.98 Å². The highest BCUT2D eigenvalue weighted by Crippen LogP contribution is 2.08. The number of aromatic nitrogens is 2. The number of nitrogens with one attached hydrogen (secondary N) is 1. The van der Waals surface area contributed by atoms with E-state index < -0.39 is 0 Å². The maximum Gasteiger partial charge on any atom is 0.147 e. The summed E-state index contributed by atoms with van der Waals surface area (Å²) in [4.78, 5) is 12.9. The minimum Gasteiger partial charge on any atom is -0.382 e. The number of nitrogens with zero attached hydrogens (tertiary/aromatic N) is 4. The van der Waals surface area contributed by atoms with Gasteiger partial charge in [0.05, 0.1) is 12.4 Å². The zero-order valence-electron chi connectivity index (χ0n) is 10.4. The van der Waals surface area contributed by atoms with Crippen molar-refractivity contribution in [3.8, 4) is 0 Å². The average Bonchev–Trinajstić information content (AvgIpc) is 2.30. The molecule has 1 aliphatic rings. The molecule has 0 saturated carbocycles. The summed E-state index contributed by atoms with van der Waals surface area (Å²) >= 11 is 0. The van der Waals surface area contributed by atoms with E-state index in [-0.39, 0.29) is 0 Å². The molecule has 1 aromatic heterocycles. The van der Waals surface area contributed by atoms with E-state index in [0.29, 0.717) is 11.9 Å². The lowest BCUT2D eigenvalue weighted by atomic mass is 10.2. The van der Waals surface area contributed by atoms with Crippen LogP contribution in [0.25, 0.3) is 0 Å². The molecule has 1 unspecified atom stereocenters. The first-order chi connectivity index (χ1) is 8.15. The number of likely N-dealkylation sites (N-methyl/N-ethyl adjacent to an activating group) is 2. The minimum atomic E-state index is 0.448. The molecule has 0 aliphatic carbocycles. The molecule has 1 atom stereocenters. The summed E-state index contributed by atoms with van der Waals surface area (Å²) < 4.78 is 0. The van der Waals surface area contributed by atoms with E-state index in [9.17, 15) is 0 Å². The number of rotatable bonds is 3. The van der Waals surface area contributed by atoms with E-state index in [0.717, 1.165) is 32.0 Å². The second-order valence-electron chi connectivity index (χ2n) is 4.61. The van der Waals surface area contributed by atoms with Crippen LogP contribution in [0.1, 0.15) is 0 Å². The number of hydrogen-bond acceptors (Lipinski definition) is 6. The van der Waals surface area contributed by atoms with Crippen LogP contribution in [-0.4, -0.2) is 66.1 Å². The maximum atomic E-state index is 5.58. The van der Waals surface area contributed by atoms with Crippen LogP contribution in [0.3, 0.4) is 0 Å². The average molecular weight is 236 g/mol. The van der Waals surface area contributed by atoms with Crippen LogP contribution in [0.5, 0.6) is 0 Å². The second kappa shape index (κ2) is 5.29. The number of anilines is 2. The van der Waals surface area contributed by atoms with Gasteiger partial charge in [0.1, 0.15) is 11.6 Å². The Morgan fingerprint density at radius 2 is 2.24 bits per heavy atom. The number of nitrogen functional groups attached to an aromatic ring is 1. The van der Waals surface area contributed by atoms with E-state index in [4.69, 9.17) is 5.73 Å². The summed E-state index contributed by atoms with van der Waals surface area (Å²) in [5, 5.41) is 3.28. The van der Waals surface area contributed by atoms with Gasteiger partial charge in [-0.15, -0.1) is 0 Å². The second-order valence-corrected chi connectivity index (χ2v) is 4.61. The van der Waals surface area contributed by atoms with Gasteiger partial charge in [0.15, 0.2) is 0 Å². The fourth-order valence-corrected chi connectivity index (χ4v) is 2.01. The molecular formula is C11H20N6. The van der Waals surface area contributed by atoms with Gasteiger partial charge in [-0.1, -0.05) is 0 Å². The molecule has 6 heteroatoms. The molecule has 94 valence electrons. The highest BCUT2D eigenvalue weighted by Gasteiger charge is 2.21. The minimum absolute atomic E-state index is 0.448. The standard InChI is InChI=1S/C11H20N6/c1-16-3-4-17(2)9(8-16)5-14-11-7-13-6-10(12)15-11/h6-7,9H,3-5,8H2,1-2H3,(H3,12,14,15). The fraction of sp³-hybridized carbons (Fsp3) is 0.636. The highest BCUT2D eigenvalue weighted by molar-refractivity contribution is 5.38. The van der Waals surface area contributed by atoms with Crippen LogP contribution in [0, 0.1) is 0 Å². The van der Waals surface area contributed by atoms with Gasteiger partial charge < -0.3 is 16.0 Å². The van der Waals surface area contributed by atoms with Crippen molar-refractivity contribution in [3.05, 3.63) is 12.4 Å². The molecule has 1 saturated heterocycles. The third-order valence-electron chi connectivity index (χ3n) is 3.15. The molecule has 0 aromatic carbocycles. The monoisotopic (exact) mass is 236 g/mol. The van der Waals surface area contributed by atoms with Crippen molar-refractivity contribution in [3.63, 3.8) is 0 Å². The van der Waals surface area contributed by atoms with Gasteiger partial charge in [-0.05, 0) is 14.1 Å². The van der Waals surface area contributed by atoms with Gasteiger partial charge in [0, 0.05) is 32.2 Å². The molecule has 2 heterocycles. The van der Waals surface area contributed by atoms with E-state index in [2.05, 4.69) is 39.2 Å².